The average molecular weight is 185 g/mol. The number of amides is 2. The van der Waals surface area contributed by atoms with Gasteiger partial charge in [0.1, 0.15) is 0 Å². The van der Waals surface area contributed by atoms with Gasteiger partial charge >= 0.3 is 0 Å². The lowest BCUT2D eigenvalue weighted by atomic mass is 10.4. The van der Waals surface area contributed by atoms with Gasteiger partial charge in [-0.3, -0.25) is 14.5 Å². The minimum atomic E-state index is -0.281. The number of carbonyl (C=O) groups is 2. The van der Waals surface area contributed by atoms with Crippen molar-refractivity contribution in [3.05, 3.63) is 12.7 Å². The van der Waals surface area contributed by atoms with Crippen molar-refractivity contribution in [2.45, 2.75) is 18.2 Å². The van der Waals surface area contributed by atoms with Crippen LogP contribution in [0.3, 0.4) is 0 Å². The van der Waals surface area contributed by atoms with Crippen LogP contribution >= 0.6 is 11.8 Å². The number of likely N-dealkylation sites (tertiary alicyclic amines) is 1. The van der Waals surface area contributed by atoms with E-state index in [0.29, 0.717) is 6.42 Å². The molecule has 0 radical (unpaired) electrons. The van der Waals surface area contributed by atoms with Crippen LogP contribution in [0.2, 0.25) is 0 Å². The maximum atomic E-state index is 11.2. The molecule has 12 heavy (non-hydrogen) atoms. The Balaban J connectivity index is 2.76. The highest BCUT2D eigenvalue weighted by Crippen LogP contribution is 2.26. The van der Waals surface area contributed by atoms with E-state index in [4.69, 9.17) is 0 Å². The van der Waals surface area contributed by atoms with Crippen molar-refractivity contribution < 1.29 is 9.59 Å². The molecule has 3 nitrogen and oxygen atoms in total. The smallest absolute Gasteiger partial charge is 0.253 e. The number of hydrogen-bond acceptors (Lipinski definition) is 3. The summed E-state index contributed by atoms with van der Waals surface area (Å²) in [6.45, 7) is 3.36. The summed E-state index contributed by atoms with van der Waals surface area (Å²) < 4.78 is 0. The van der Waals surface area contributed by atoms with Gasteiger partial charge in [-0.05, 0) is 18.8 Å². The fraction of sp³-hybridized carbons (Fsp3) is 0.500. The van der Waals surface area contributed by atoms with Gasteiger partial charge in [0.05, 0.1) is 5.37 Å². The first kappa shape index (κ1) is 9.32. The number of carbonyl (C=O) groups excluding carboxylic acids is 2. The summed E-state index contributed by atoms with van der Waals surface area (Å²) in [4.78, 5) is 23.6. The van der Waals surface area contributed by atoms with Gasteiger partial charge in [0.15, 0.2) is 0 Å². The van der Waals surface area contributed by atoms with Gasteiger partial charge in [0.2, 0.25) is 5.91 Å². The topological polar surface area (TPSA) is 37.4 Å². The molecule has 1 rings (SSSR count). The third-order valence-electron chi connectivity index (χ3n) is 1.85. The van der Waals surface area contributed by atoms with Crippen molar-refractivity contribution in [2.75, 3.05) is 6.26 Å². The molecule has 0 saturated carbocycles. The first-order chi connectivity index (χ1) is 5.70. The van der Waals surface area contributed by atoms with E-state index in [1.807, 2.05) is 6.26 Å². The van der Waals surface area contributed by atoms with Crippen LogP contribution in [0, 0.1) is 0 Å². The Hall–Kier alpha value is -0.770. The molecule has 2 amide bonds. The summed E-state index contributed by atoms with van der Waals surface area (Å²) in [5.74, 6) is -0.365. The van der Waals surface area contributed by atoms with Crippen molar-refractivity contribution >= 4 is 23.6 Å². The fourth-order valence-corrected chi connectivity index (χ4v) is 2.03. The summed E-state index contributed by atoms with van der Waals surface area (Å²) >= 11 is 1.52. The lowest BCUT2D eigenvalue weighted by molar-refractivity contribution is -0.139. The van der Waals surface area contributed by atoms with Crippen LogP contribution in [0.15, 0.2) is 12.7 Å². The molecule has 66 valence electrons. The van der Waals surface area contributed by atoms with Crippen LogP contribution < -0.4 is 0 Å². The molecule has 1 aliphatic heterocycles. The Bertz CT molecular complexity index is 227. The van der Waals surface area contributed by atoms with Gasteiger partial charge in [0, 0.05) is 6.42 Å². The molecule has 0 aliphatic carbocycles. The molecule has 0 N–H and O–H groups in total. The van der Waals surface area contributed by atoms with Crippen LogP contribution in [0.4, 0.5) is 0 Å². The van der Waals surface area contributed by atoms with E-state index in [1.165, 1.54) is 22.7 Å². The zero-order valence-corrected chi connectivity index (χ0v) is 7.76. The highest BCUT2D eigenvalue weighted by atomic mass is 32.2. The van der Waals surface area contributed by atoms with Crippen molar-refractivity contribution in [3.63, 3.8) is 0 Å². The van der Waals surface area contributed by atoms with Crippen molar-refractivity contribution in [3.8, 4) is 0 Å². The SMILES string of the molecule is C=CC(=O)N1C(=O)CCC1SC. The molecule has 0 aromatic heterocycles. The monoisotopic (exact) mass is 185 g/mol. The van der Waals surface area contributed by atoms with Gasteiger partial charge in [-0.1, -0.05) is 6.58 Å². The summed E-state index contributed by atoms with van der Waals surface area (Å²) in [5, 5.41) is 0.0167. The molecule has 1 aliphatic rings. The maximum absolute atomic E-state index is 11.2. The summed E-state index contributed by atoms with van der Waals surface area (Å²) in [6, 6.07) is 0. The second kappa shape index (κ2) is 3.76. The third-order valence-corrected chi connectivity index (χ3v) is 2.84. The Morgan fingerprint density at radius 2 is 2.50 bits per heavy atom. The van der Waals surface area contributed by atoms with Crippen LogP contribution in [-0.2, 0) is 9.59 Å². The van der Waals surface area contributed by atoms with Crippen LogP contribution in [0.25, 0.3) is 0 Å². The minimum absolute atomic E-state index is 0.0167. The Morgan fingerprint density at radius 3 is 3.00 bits per heavy atom. The predicted molar refractivity (Wildman–Crippen MR) is 48.6 cm³/mol. The van der Waals surface area contributed by atoms with Gasteiger partial charge in [0.25, 0.3) is 5.91 Å². The lowest BCUT2D eigenvalue weighted by Crippen LogP contribution is -2.35. The molecule has 1 heterocycles. The van der Waals surface area contributed by atoms with Crippen molar-refractivity contribution in [1.29, 1.82) is 0 Å². The number of rotatable bonds is 2. The molecular formula is C8H11NO2S. The summed E-state index contributed by atoms with van der Waals surface area (Å²) in [7, 11) is 0. The molecule has 1 saturated heterocycles. The Morgan fingerprint density at radius 1 is 1.83 bits per heavy atom. The van der Waals surface area contributed by atoms with E-state index in [2.05, 4.69) is 6.58 Å². The standard InChI is InChI=1S/C8H11NO2S/c1-3-6(10)9-7(11)4-5-8(9)12-2/h3,8H,1,4-5H2,2H3. The molecule has 1 unspecified atom stereocenters. The van der Waals surface area contributed by atoms with Gasteiger partial charge in [-0.15, -0.1) is 11.8 Å². The summed E-state index contributed by atoms with van der Waals surface area (Å²) in [5.41, 5.74) is 0. The molecular weight excluding hydrogens is 174 g/mol. The molecule has 0 bridgehead atoms. The second-order valence-corrected chi connectivity index (χ2v) is 3.55. The number of hydrogen-bond donors (Lipinski definition) is 0. The minimum Gasteiger partial charge on any atom is -0.274 e. The third kappa shape index (κ3) is 1.53. The Kier molecular flexibility index (Phi) is 2.92. The zero-order valence-electron chi connectivity index (χ0n) is 6.95. The van der Waals surface area contributed by atoms with E-state index in [0.717, 1.165) is 6.42 Å². The van der Waals surface area contributed by atoms with E-state index in [-0.39, 0.29) is 17.2 Å². The fourth-order valence-electron chi connectivity index (χ4n) is 1.24. The second-order valence-electron chi connectivity index (χ2n) is 2.54. The highest BCUT2D eigenvalue weighted by molar-refractivity contribution is 7.99. The average Bonchev–Trinajstić information content (AvgIpc) is 2.45. The normalized spacial score (nSPS) is 22.9. The van der Waals surface area contributed by atoms with Crippen LogP contribution in [0.1, 0.15) is 12.8 Å². The maximum Gasteiger partial charge on any atom is 0.253 e. The molecule has 1 fully saturated rings. The van der Waals surface area contributed by atoms with E-state index < -0.39 is 0 Å². The highest BCUT2D eigenvalue weighted by Gasteiger charge is 2.33. The molecule has 0 aromatic rings. The molecule has 0 spiro atoms. The first-order valence-electron chi connectivity index (χ1n) is 3.72. The number of thioether (sulfide) groups is 1. The van der Waals surface area contributed by atoms with Gasteiger partial charge in [-0.25, -0.2) is 0 Å². The quantitative estimate of drug-likeness (QED) is 0.602. The Labute approximate surface area is 75.8 Å². The zero-order chi connectivity index (χ0) is 9.14. The number of nitrogens with zero attached hydrogens (tertiary/aromatic N) is 1. The van der Waals surface area contributed by atoms with E-state index in [9.17, 15) is 9.59 Å². The van der Waals surface area contributed by atoms with E-state index >= 15 is 0 Å². The predicted octanol–water partition coefficient (Wildman–Crippen LogP) is 1.01. The van der Waals surface area contributed by atoms with Crippen LogP contribution in [0.5, 0.6) is 0 Å². The molecule has 0 aromatic carbocycles. The van der Waals surface area contributed by atoms with Crippen LogP contribution in [-0.4, -0.2) is 28.3 Å². The number of imide groups is 1. The largest absolute Gasteiger partial charge is 0.274 e. The lowest BCUT2D eigenvalue weighted by Gasteiger charge is -2.18. The molecule has 1 atom stereocenters. The van der Waals surface area contributed by atoms with Crippen molar-refractivity contribution in [1.82, 2.24) is 4.90 Å². The van der Waals surface area contributed by atoms with Crippen molar-refractivity contribution in [2.24, 2.45) is 0 Å². The summed E-state index contributed by atoms with van der Waals surface area (Å²) in [6.07, 6.45) is 4.32. The van der Waals surface area contributed by atoms with Gasteiger partial charge in [-0.2, -0.15) is 0 Å². The first-order valence-corrected chi connectivity index (χ1v) is 5.00. The van der Waals surface area contributed by atoms with E-state index in [1.54, 1.807) is 0 Å². The van der Waals surface area contributed by atoms with Gasteiger partial charge < -0.3 is 0 Å². The molecule has 4 heteroatoms.